The molecular weight excluding hydrogens is 323 g/mol. The molecule has 106 valence electrons. The normalized spacial score (nSPS) is 17.5. The van der Waals surface area contributed by atoms with Crippen LogP contribution >= 0.6 is 15.9 Å². The van der Waals surface area contributed by atoms with Gasteiger partial charge in [-0.15, -0.1) is 0 Å². The van der Waals surface area contributed by atoms with Crippen molar-refractivity contribution in [2.45, 2.75) is 44.3 Å². The number of alkyl halides is 3. The fourth-order valence-electron chi connectivity index (χ4n) is 2.13. The lowest BCUT2D eigenvalue weighted by Gasteiger charge is -2.23. The predicted molar refractivity (Wildman–Crippen MR) is 69.8 cm³/mol. The molecule has 1 saturated carbocycles. The van der Waals surface area contributed by atoms with Gasteiger partial charge in [-0.3, -0.25) is 0 Å². The molecule has 0 aromatic heterocycles. The summed E-state index contributed by atoms with van der Waals surface area (Å²) in [6.07, 6.45) is 1.31. The first-order valence-corrected chi connectivity index (χ1v) is 7.05. The van der Waals surface area contributed by atoms with Gasteiger partial charge in [0.15, 0.2) is 5.75 Å². The zero-order chi connectivity index (χ0) is 13.9. The molecule has 0 saturated heterocycles. The van der Waals surface area contributed by atoms with E-state index < -0.39 is 11.7 Å². The van der Waals surface area contributed by atoms with Crippen molar-refractivity contribution in [3.8, 4) is 5.75 Å². The van der Waals surface area contributed by atoms with Crippen LogP contribution < -0.4 is 10.3 Å². The zero-order valence-electron chi connectivity index (χ0n) is 10.3. The highest BCUT2D eigenvalue weighted by Crippen LogP contribution is 2.34. The lowest BCUT2D eigenvalue weighted by Crippen LogP contribution is -2.33. The Kier molecular flexibility index (Phi) is 4.73. The van der Waals surface area contributed by atoms with Gasteiger partial charge in [0, 0.05) is 6.04 Å². The Bertz CT molecular complexity index is 430. The van der Waals surface area contributed by atoms with Crippen LogP contribution in [0.2, 0.25) is 0 Å². The summed E-state index contributed by atoms with van der Waals surface area (Å²) >= 11 is 3.10. The van der Waals surface area contributed by atoms with Gasteiger partial charge in [-0.1, -0.05) is 19.3 Å². The number of benzene rings is 1. The Hall–Kier alpha value is -0.750. The molecule has 0 aliphatic heterocycles. The second-order valence-electron chi connectivity index (χ2n) is 4.70. The SMILES string of the molecule is FC(F)(F)c1ccc(ONC2CCCCC2)c(Br)c1. The second-order valence-corrected chi connectivity index (χ2v) is 5.55. The first-order chi connectivity index (χ1) is 8.97. The van der Waals surface area contributed by atoms with E-state index in [1.165, 1.54) is 12.5 Å². The van der Waals surface area contributed by atoms with Gasteiger partial charge in [-0.25, -0.2) is 0 Å². The van der Waals surface area contributed by atoms with Crippen LogP contribution in [0.4, 0.5) is 13.2 Å². The van der Waals surface area contributed by atoms with E-state index in [0.29, 0.717) is 10.2 Å². The molecule has 0 atom stereocenters. The van der Waals surface area contributed by atoms with Crippen LogP contribution in [0, 0.1) is 0 Å². The van der Waals surface area contributed by atoms with Gasteiger partial charge in [0.05, 0.1) is 10.0 Å². The minimum Gasteiger partial charge on any atom is -0.407 e. The van der Waals surface area contributed by atoms with Crippen LogP contribution in [-0.4, -0.2) is 6.04 Å². The molecule has 0 unspecified atom stereocenters. The molecule has 0 radical (unpaired) electrons. The van der Waals surface area contributed by atoms with Crippen LogP contribution in [0.3, 0.4) is 0 Å². The van der Waals surface area contributed by atoms with Crippen LogP contribution in [0.15, 0.2) is 22.7 Å². The number of nitrogens with one attached hydrogen (secondary N) is 1. The number of halogens is 4. The van der Waals surface area contributed by atoms with E-state index >= 15 is 0 Å². The summed E-state index contributed by atoms with van der Waals surface area (Å²) < 4.78 is 37.8. The van der Waals surface area contributed by atoms with Crippen molar-refractivity contribution in [2.75, 3.05) is 0 Å². The molecule has 2 nitrogen and oxygen atoms in total. The van der Waals surface area contributed by atoms with Gasteiger partial charge in [0.2, 0.25) is 0 Å². The van der Waals surface area contributed by atoms with Gasteiger partial charge in [-0.05, 0) is 47.0 Å². The minimum absolute atomic E-state index is 0.281. The van der Waals surface area contributed by atoms with Gasteiger partial charge in [0.1, 0.15) is 0 Å². The quantitative estimate of drug-likeness (QED) is 0.808. The zero-order valence-corrected chi connectivity index (χ0v) is 11.9. The maximum absolute atomic E-state index is 12.5. The highest BCUT2D eigenvalue weighted by atomic mass is 79.9. The molecule has 1 aliphatic rings. The van der Waals surface area contributed by atoms with E-state index in [0.717, 1.165) is 37.8 Å². The molecule has 1 aromatic rings. The average Bonchev–Trinajstić information content (AvgIpc) is 2.37. The van der Waals surface area contributed by atoms with E-state index in [1.54, 1.807) is 0 Å². The molecule has 0 spiro atoms. The smallest absolute Gasteiger partial charge is 0.407 e. The van der Waals surface area contributed by atoms with Crippen molar-refractivity contribution >= 4 is 15.9 Å². The highest BCUT2D eigenvalue weighted by molar-refractivity contribution is 9.10. The first-order valence-electron chi connectivity index (χ1n) is 6.26. The third-order valence-corrected chi connectivity index (χ3v) is 3.82. The molecule has 0 amide bonds. The van der Waals surface area contributed by atoms with E-state index in [9.17, 15) is 13.2 Å². The third-order valence-electron chi connectivity index (χ3n) is 3.20. The van der Waals surface area contributed by atoms with Crippen LogP contribution in [0.1, 0.15) is 37.7 Å². The maximum Gasteiger partial charge on any atom is 0.416 e. The van der Waals surface area contributed by atoms with Crippen molar-refractivity contribution in [3.63, 3.8) is 0 Å². The molecule has 1 N–H and O–H groups in total. The lowest BCUT2D eigenvalue weighted by atomic mass is 9.96. The summed E-state index contributed by atoms with van der Waals surface area (Å²) in [5.41, 5.74) is 2.24. The van der Waals surface area contributed by atoms with Crippen molar-refractivity contribution in [3.05, 3.63) is 28.2 Å². The number of hydroxylamine groups is 1. The maximum atomic E-state index is 12.5. The Balaban J connectivity index is 1.97. The molecule has 19 heavy (non-hydrogen) atoms. The second kappa shape index (κ2) is 6.13. The summed E-state index contributed by atoms with van der Waals surface area (Å²) in [5.74, 6) is 0.374. The fourth-order valence-corrected chi connectivity index (χ4v) is 2.59. The molecule has 6 heteroatoms. The van der Waals surface area contributed by atoms with Crippen LogP contribution in [0.5, 0.6) is 5.75 Å². The van der Waals surface area contributed by atoms with Crippen molar-refractivity contribution in [1.29, 1.82) is 0 Å². The van der Waals surface area contributed by atoms with E-state index in [2.05, 4.69) is 21.4 Å². The highest BCUT2D eigenvalue weighted by Gasteiger charge is 2.31. The van der Waals surface area contributed by atoms with Crippen LogP contribution in [-0.2, 0) is 6.18 Å². The minimum atomic E-state index is -4.34. The lowest BCUT2D eigenvalue weighted by molar-refractivity contribution is -0.137. The fraction of sp³-hybridized carbons (Fsp3) is 0.538. The third kappa shape index (κ3) is 4.11. The Labute approximate surface area is 118 Å². The molecule has 1 aromatic carbocycles. The number of rotatable bonds is 3. The number of hydrogen-bond donors (Lipinski definition) is 1. The number of hydrogen-bond acceptors (Lipinski definition) is 2. The Morgan fingerprint density at radius 1 is 1.16 bits per heavy atom. The summed E-state index contributed by atoms with van der Waals surface area (Å²) in [5, 5.41) is 0. The first kappa shape index (κ1) is 14.7. The summed E-state index contributed by atoms with van der Waals surface area (Å²) in [4.78, 5) is 5.38. The summed E-state index contributed by atoms with van der Waals surface area (Å²) in [6.45, 7) is 0. The van der Waals surface area contributed by atoms with Crippen molar-refractivity contribution < 1.29 is 18.0 Å². The van der Waals surface area contributed by atoms with E-state index in [4.69, 9.17) is 4.84 Å². The molecule has 1 aliphatic carbocycles. The van der Waals surface area contributed by atoms with Gasteiger partial charge in [-0.2, -0.15) is 18.7 Å². The molecular formula is C13H15BrF3NO. The molecule has 1 fully saturated rings. The van der Waals surface area contributed by atoms with Gasteiger partial charge >= 0.3 is 6.18 Å². The van der Waals surface area contributed by atoms with Crippen molar-refractivity contribution in [1.82, 2.24) is 5.48 Å². The predicted octanol–water partition coefficient (Wildman–Crippen LogP) is 4.68. The standard InChI is InChI=1S/C13H15BrF3NO/c14-11-8-9(13(15,16)17)6-7-12(11)19-18-10-4-2-1-3-5-10/h6-8,10,18H,1-5H2. The molecule has 2 rings (SSSR count). The monoisotopic (exact) mass is 337 g/mol. The van der Waals surface area contributed by atoms with Crippen LogP contribution in [0.25, 0.3) is 0 Å². The molecule has 0 heterocycles. The largest absolute Gasteiger partial charge is 0.416 e. The van der Waals surface area contributed by atoms with Gasteiger partial charge in [0.25, 0.3) is 0 Å². The van der Waals surface area contributed by atoms with Crippen molar-refractivity contribution in [2.24, 2.45) is 0 Å². The van der Waals surface area contributed by atoms with E-state index in [-0.39, 0.29) is 6.04 Å². The Morgan fingerprint density at radius 3 is 2.42 bits per heavy atom. The summed E-state index contributed by atoms with van der Waals surface area (Å²) in [7, 11) is 0. The summed E-state index contributed by atoms with van der Waals surface area (Å²) in [6, 6.07) is 3.64. The van der Waals surface area contributed by atoms with Gasteiger partial charge < -0.3 is 4.84 Å². The Morgan fingerprint density at radius 2 is 1.84 bits per heavy atom. The average molecular weight is 338 g/mol. The molecule has 0 bridgehead atoms. The topological polar surface area (TPSA) is 21.3 Å². The van der Waals surface area contributed by atoms with E-state index in [1.807, 2.05) is 0 Å².